The maximum absolute atomic E-state index is 13.7. The van der Waals surface area contributed by atoms with Gasteiger partial charge >= 0.3 is 12.0 Å². The molecule has 138 valence electrons. The average Bonchev–Trinajstić information content (AvgIpc) is 3.32. The third kappa shape index (κ3) is 3.59. The van der Waals surface area contributed by atoms with E-state index < -0.39 is 11.7 Å². The zero-order chi connectivity index (χ0) is 18.8. The summed E-state index contributed by atoms with van der Waals surface area (Å²) in [6.07, 6.45) is 1.89. The Morgan fingerprint density at radius 3 is 2.63 bits per heavy atom. The molecule has 1 saturated heterocycles. The van der Waals surface area contributed by atoms with Crippen molar-refractivity contribution in [3.63, 3.8) is 0 Å². The Bertz CT molecular complexity index is 978. The summed E-state index contributed by atoms with van der Waals surface area (Å²) in [4.78, 5) is 30.8. The number of benzene rings is 2. The summed E-state index contributed by atoms with van der Waals surface area (Å²) in [5, 5.41) is 5.19. The van der Waals surface area contributed by atoms with Crippen LogP contribution in [0.4, 0.5) is 20.9 Å². The van der Waals surface area contributed by atoms with E-state index in [-0.39, 0.29) is 23.3 Å². The number of oxazole rings is 1. The largest absolute Gasteiger partial charge is 0.423 e. The van der Waals surface area contributed by atoms with Gasteiger partial charge in [-0.1, -0.05) is 12.1 Å². The van der Waals surface area contributed by atoms with E-state index in [2.05, 4.69) is 15.6 Å². The molecule has 0 atom stereocenters. The highest BCUT2D eigenvalue weighted by molar-refractivity contribution is 6.09. The van der Waals surface area contributed by atoms with Crippen molar-refractivity contribution < 1.29 is 18.4 Å². The van der Waals surface area contributed by atoms with Crippen molar-refractivity contribution in [2.75, 3.05) is 23.7 Å². The van der Waals surface area contributed by atoms with Crippen molar-refractivity contribution in [1.82, 2.24) is 9.88 Å². The molecule has 0 unspecified atom stereocenters. The second-order valence-electron chi connectivity index (χ2n) is 6.26. The van der Waals surface area contributed by atoms with E-state index in [0.29, 0.717) is 24.2 Å². The van der Waals surface area contributed by atoms with Crippen molar-refractivity contribution in [2.24, 2.45) is 0 Å². The summed E-state index contributed by atoms with van der Waals surface area (Å²) in [5.41, 5.74) is 1.33. The molecule has 4 rings (SSSR count). The normalized spacial score (nSPS) is 13.7. The Labute approximate surface area is 154 Å². The van der Waals surface area contributed by atoms with Gasteiger partial charge in [-0.2, -0.15) is 4.98 Å². The molecule has 7 nitrogen and oxygen atoms in total. The highest BCUT2D eigenvalue weighted by Gasteiger charge is 2.21. The van der Waals surface area contributed by atoms with Crippen molar-refractivity contribution >= 4 is 34.7 Å². The molecule has 0 aliphatic carbocycles. The zero-order valence-corrected chi connectivity index (χ0v) is 14.4. The lowest BCUT2D eigenvalue weighted by Crippen LogP contribution is -2.32. The molecule has 1 aliphatic rings. The van der Waals surface area contributed by atoms with Crippen LogP contribution in [0.15, 0.2) is 46.9 Å². The number of nitrogens with one attached hydrogen (secondary N) is 2. The Balaban J connectivity index is 1.56. The minimum atomic E-state index is -0.627. The first-order valence-corrected chi connectivity index (χ1v) is 8.62. The van der Waals surface area contributed by atoms with Crippen molar-refractivity contribution in [2.45, 2.75) is 12.8 Å². The van der Waals surface area contributed by atoms with Gasteiger partial charge in [-0.05, 0) is 43.2 Å². The monoisotopic (exact) mass is 368 g/mol. The highest BCUT2D eigenvalue weighted by atomic mass is 19.1. The average molecular weight is 368 g/mol. The van der Waals surface area contributed by atoms with Gasteiger partial charge in [-0.25, -0.2) is 9.18 Å². The molecule has 0 radical (unpaired) electrons. The number of carbonyl (C=O) groups excluding carboxylic acids is 2. The molecule has 0 bridgehead atoms. The first-order valence-electron chi connectivity index (χ1n) is 8.62. The molecule has 8 heteroatoms. The lowest BCUT2D eigenvalue weighted by atomic mass is 10.1. The van der Waals surface area contributed by atoms with Gasteiger partial charge in [0, 0.05) is 13.1 Å². The fraction of sp³-hybridized carbons (Fsp3) is 0.211. The lowest BCUT2D eigenvalue weighted by molar-refractivity contribution is 0.102. The van der Waals surface area contributed by atoms with E-state index in [0.717, 1.165) is 18.9 Å². The van der Waals surface area contributed by atoms with Crippen LogP contribution < -0.4 is 10.6 Å². The van der Waals surface area contributed by atoms with Crippen LogP contribution in [0.2, 0.25) is 0 Å². The summed E-state index contributed by atoms with van der Waals surface area (Å²) >= 11 is 0. The number of amides is 3. The second kappa shape index (κ2) is 7.06. The van der Waals surface area contributed by atoms with Crippen LogP contribution in [-0.2, 0) is 0 Å². The number of carbonyl (C=O) groups is 2. The Morgan fingerprint density at radius 1 is 1.07 bits per heavy atom. The summed E-state index contributed by atoms with van der Waals surface area (Å²) in [6, 6.07) is 10.4. The number of hydrogen-bond acceptors (Lipinski definition) is 4. The number of likely N-dealkylation sites (tertiary alicyclic amines) is 1. The van der Waals surface area contributed by atoms with Gasteiger partial charge in [-0.3, -0.25) is 10.1 Å². The molecule has 2 N–H and O–H groups in total. The van der Waals surface area contributed by atoms with Gasteiger partial charge in [0.2, 0.25) is 0 Å². The molecule has 1 aliphatic heterocycles. The molecule has 0 saturated carbocycles. The van der Waals surface area contributed by atoms with E-state index in [1.165, 1.54) is 12.1 Å². The van der Waals surface area contributed by atoms with Crippen LogP contribution in [0.5, 0.6) is 0 Å². The minimum Gasteiger partial charge on any atom is -0.423 e. The quantitative estimate of drug-likeness (QED) is 0.735. The SMILES string of the molecule is O=C(Nc1nc2ccccc2o1)c1cc(F)ccc1NC(=O)N1CCCC1. The first kappa shape index (κ1) is 17.0. The molecule has 3 aromatic rings. The number of nitrogens with zero attached hydrogens (tertiary/aromatic N) is 2. The second-order valence-corrected chi connectivity index (χ2v) is 6.26. The third-order valence-electron chi connectivity index (χ3n) is 4.38. The van der Waals surface area contributed by atoms with Gasteiger partial charge in [-0.15, -0.1) is 0 Å². The number of anilines is 2. The van der Waals surface area contributed by atoms with E-state index in [4.69, 9.17) is 4.42 Å². The number of urea groups is 1. The first-order chi connectivity index (χ1) is 13.1. The molecule has 27 heavy (non-hydrogen) atoms. The van der Waals surface area contributed by atoms with Crippen LogP contribution in [0.25, 0.3) is 11.1 Å². The highest BCUT2D eigenvalue weighted by Crippen LogP contribution is 2.22. The minimum absolute atomic E-state index is 0.00211. The van der Waals surface area contributed by atoms with Crippen LogP contribution >= 0.6 is 0 Å². The van der Waals surface area contributed by atoms with Gasteiger partial charge < -0.3 is 14.6 Å². The fourth-order valence-electron chi connectivity index (χ4n) is 3.02. The zero-order valence-electron chi connectivity index (χ0n) is 14.4. The maximum atomic E-state index is 13.7. The van der Waals surface area contributed by atoms with Gasteiger partial charge in [0.25, 0.3) is 5.91 Å². The third-order valence-corrected chi connectivity index (χ3v) is 4.38. The molecule has 1 aromatic heterocycles. The van der Waals surface area contributed by atoms with Crippen LogP contribution in [0, 0.1) is 5.82 Å². The van der Waals surface area contributed by atoms with E-state index in [9.17, 15) is 14.0 Å². The Hall–Kier alpha value is -3.42. The topological polar surface area (TPSA) is 87.5 Å². The molecule has 2 heterocycles. The smallest absolute Gasteiger partial charge is 0.321 e. The molecule has 0 spiro atoms. The Kier molecular flexibility index (Phi) is 4.45. The predicted molar refractivity (Wildman–Crippen MR) is 98.2 cm³/mol. The van der Waals surface area contributed by atoms with E-state index >= 15 is 0 Å². The lowest BCUT2D eigenvalue weighted by Gasteiger charge is -2.17. The molecule has 2 aromatic carbocycles. The number of halogens is 1. The van der Waals surface area contributed by atoms with Crippen molar-refractivity contribution in [3.05, 3.63) is 53.8 Å². The Morgan fingerprint density at radius 2 is 1.85 bits per heavy atom. The summed E-state index contributed by atoms with van der Waals surface area (Å²) in [5.74, 6) is -1.21. The van der Waals surface area contributed by atoms with E-state index in [1.807, 2.05) is 0 Å². The molecular weight excluding hydrogens is 351 g/mol. The van der Waals surface area contributed by atoms with E-state index in [1.54, 1.807) is 29.2 Å². The number of fused-ring (bicyclic) bond motifs is 1. The standard InChI is InChI=1S/C19H17FN4O3/c20-12-7-8-14(22-19(26)24-9-3-4-10-24)13(11-12)17(25)23-18-21-15-5-1-2-6-16(15)27-18/h1-2,5-8,11H,3-4,9-10H2,(H,22,26)(H,21,23,25). The fourth-order valence-corrected chi connectivity index (χ4v) is 3.02. The number of hydrogen-bond donors (Lipinski definition) is 2. The summed E-state index contributed by atoms with van der Waals surface area (Å²) in [7, 11) is 0. The maximum Gasteiger partial charge on any atom is 0.321 e. The number of aromatic nitrogens is 1. The molecule has 1 fully saturated rings. The number of rotatable bonds is 3. The number of para-hydroxylation sites is 2. The van der Waals surface area contributed by atoms with Crippen LogP contribution in [-0.4, -0.2) is 34.9 Å². The van der Waals surface area contributed by atoms with Gasteiger partial charge in [0.05, 0.1) is 11.3 Å². The van der Waals surface area contributed by atoms with Gasteiger partial charge in [0.1, 0.15) is 11.3 Å². The predicted octanol–water partition coefficient (Wildman–Crippen LogP) is 3.85. The van der Waals surface area contributed by atoms with Crippen molar-refractivity contribution in [1.29, 1.82) is 0 Å². The molecular formula is C19H17FN4O3. The summed E-state index contributed by atoms with van der Waals surface area (Å²) < 4.78 is 19.2. The summed E-state index contributed by atoms with van der Waals surface area (Å²) in [6.45, 7) is 1.33. The molecule has 3 amide bonds. The van der Waals surface area contributed by atoms with Crippen molar-refractivity contribution in [3.8, 4) is 0 Å². The van der Waals surface area contributed by atoms with Gasteiger partial charge in [0.15, 0.2) is 5.58 Å². The van der Waals surface area contributed by atoms with Crippen LogP contribution in [0.1, 0.15) is 23.2 Å². The van der Waals surface area contributed by atoms with Crippen LogP contribution in [0.3, 0.4) is 0 Å².